The summed E-state index contributed by atoms with van der Waals surface area (Å²) in [7, 11) is 1.57. The van der Waals surface area contributed by atoms with E-state index in [1.807, 2.05) is 19.9 Å². The molecule has 2 N–H and O–H groups in total. The summed E-state index contributed by atoms with van der Waals surface area (Å²) in [5, 5.41) is 0. The first-order valence-corrected chi connectivity index (χ1v) is 5.65. The highest BCUT2D eigenvalue weighted by atomic mass is 19.1. The summed E-state index contributed by atoms with van der Waals surface area (Å²) in [6, 6.07) is 3.44. The zero-order valence-electron chi connectivity index (χ0n) is 10.0. The molecular weight excluding hydrogens is 205 g/mol. The van der Waals surface area contributed by atoms with Crippen molar-refractivity contribution in [3.63, 3.8) is 0 Å². The molecule has 0 aromatic heterocycles. The van der Waals surface area contributed by atoms with Crippen LogP contribution in [0.1, 0.15) is 43.7 Å². The van der Waals surface area contributed by atoms with Crippen molar-refractivity contribution in [1.82, 2.24) is 0 Å². The molecule has 1 aliphatic rings. The smallest absolute Gasteiger partial charge is 0.130 e. The maximum absolute atomic E-state index is 14.0. The number of methoxy groups -OCH3 is 1. The van der Waals surface area contributed by atoms with Crippen molar-refractivity contribution in [2.45, 2.75) is 38.1 Å². The minimum atomic E-state index is -0.316. The predicted octanol–water partition coefficient (Wildman–Crippen LogP) is 2.91. The third-order valence-corrected chi connectivity index (χ3v) is 3.25. The summed E-state index contributed by atoms with van der Waals surface area (Å²) in [5.74, 6) is 0.514. The number of benzene rings is 1. The van der Waals surface area contributed by atoms with Gasteiger partial charge in [-0.15, -0.1) is 0 Å². The van der Waals surface area contributed by atoms with Gasteiger partial charge >= 0.3 is 0 Å². The Morgan fingerprint density at radius 2 is 2.00 bits per heavy atom. The molecule has 88 valence electrons. The number of rotatable bonds is 3. The normalized spacial score (nSPS) is 17.6. The summed E-state index contributed by atoms with van der Waals surface area (Å²) in [6.07, 6.45) is 1.85. The fourth-order valence-electron chi connectivity index (χ4n) is 2.03. The molecule has 1 aromatic carbocycles. The molecule has 2 nitrogen and oxygen atoms in total. The Balaban J connectivity index is 2.50. The largest absolute Gasteiger partial charge is 0.496 e. The van der Waals surface area contributed by atoms with Crippen LogP contribution >= 0.6 is 0 Å². The van der Waals surface area contributed by atoms with E-state index in [-0.39, 0.29) is 17.3 Å². The van der Waals surface area contributed by atoms with Crippen molar-refractivity contribution < 1.29 is 9.13 Å². The summed E-state index contributed by atoms with van der Waals surface area (Å²) in [6.45, 7) is 3.91. The molecule has 2 rings (SSSR count). The molecule has 1 saturated carbocycles. The van der Waals surface area contributed by atoms with E-state index < -0.39 is 0 Å². The van der Waals surface area contributed by atoms with E-state index in [9.17, 15) is 4.39 Å². The van der Waals surface area contributed by atoms with E-state index >= 15 is 0 Å². The first kappa shape index (κ1) is 11.4. The Labute approximate surface area is 95.6 Å². The zero-order valence-corrected chi connectivity index (χ0v) is 10.0. The molecule has 0 atom stereocenters. The van der Waals surface area contributed by atoms with Crippen molar-refractivity contribution in [2.75, 3.05) is 7.11 Å². The van der Waals surface area contributed by atoms with E-state index in [1.54, 1.807) is 13.2 Å². The molecule has 0 unspecified atom stereocenters. The Bertz CT molecular complexity index is 411. The van der Waals surface area contributed by atoms with E-state index in [4.69, 9.17) is 10.5 Å². The molecule has 1 aromatic rings. The molecule has 0 heterocycles. The lowest BCUT2D eigenvalue weighted by atomic mass is 9.96. The number of hydrogen-bond acceptors (Lipinski definition) is 2. The van der Waals surface area contributed by atoms with Gasteiger partial charge in [0.1, 0.15) is 11.6 Å². The third-order valence-electron chi connectivity index (χ3n) is 3.25. The summed E-state index contributed by atoms with van der Waals surface area (Å²) in [5.41, 5.74) is 7.24. The predicted molar refractivity (Wildman–Crippen MR) is 62.1 cm³/mol. The Kier molecular flexibility index (Phi) is 2.66. The summed E-state index contributed by atoms with van der Waals surface area (Å²) >= 11 is 0. The summed E-state index contributed by atoms with van der Waals surface area (Å²) in [4.78, 5) is 0. The van der Waals surface area contributed by atoms with Crippen LogP contribution in [0.25, 0.3) is 0 Å². The molecule has 16 heavy (non-hydrogen) atoms. The van der Waals surface area contributed by atoms with Gasteiger partial charge in [0.25, 0.3) is 0 Å². The Morgan fingerprint density at radius 3 is 2.44 bits per heavy atom. The van der Waals surface area contributed by atoms with Crippen LogP contribution in [0, 0.1) is 5.82 Å². The standard InChI is InChI=1S/C13H18FNO/c1-8(2)12-10(14)6-9(7-11(12)16-3)13(15)4-5-13/h6-8H,4-5,15H2,1-3H3. The SMILES string of the molecule is COc1cc(C2(N)CC2)cc(F)c1C(C)C. The van der Waals surface area contributed by atoms with Crippen LogP contribution < -0.4 is 10.5 Å². The maximum atomic E-state index is 14.0. The lowest BCUT2D eigenvalue weighted by molar-refractivity contribution is 0.400. The number of halogens is 1. The van der Waals surface area contributed by atoms with Crippen LogP contribution in [-0.4, -0.2) is 7.11 Å². The second kappa shape index (κ2) is 3.74. The van der Waals surface area contributed by atoms with Crippen molar-refractivity contribution in [2.24, 2.45) is 5.73 Å². The van der Waals surface area contributed by atoms with Crippen molar-refractivity contribution in [3.05, 3.63) is 29.1 Å². The number of hydrogen-bond donors (Lipinski definition) is 1. The van der Waals surface area contributed by atoms with Gasteiger partial charge in [-0.25, -0.2) is 4.39 Å². The van der Waals surface area contributed by atoms with E-state index in [0.717, 1.165) is 18.4 Å². The molecule has 1 aliphatic carbocycles. The van der Waals surface area contributed by atoms with Gasteiger partial charge in [0.15, 0.2) is 0 Å². The quantitative estimate of drug-likeness (QED) is 0.855. The molecule has 0 bridgehead atoms. The maximum Gasteiger partial charge on any atom is 0.130 e. The fourth-order valence-corrected chi connectivity index (χ4v) is 2.03. The Hall–Kier alpha value is -1.09. The first-order valence-electron chi connectivity index (χ1n) is 5.65. The molecule has 0 aliphatic heterocycles. The molecule has 0 saturated heterocycles. The highest BCUT2D eigenvalue weighted by Crippen LogP contribution is 2.45. The van der Waals surface area contributed by atoms with Crippen LogP contribution in [0.2, 0.25) is 0 Å². The van der Waals surface area contributed by atoms with Crippen LogP contribution in [0.5, 0.6) is 5.75 Å². The molecule has 0 spiro atoms. The number of nitrogens with two attached hydrogens (primary N) is 1. The summed E-state index contributed by atoms with van der Waals surface area (Å²) < 4.78 is 19.2. The van der Waals surface area contributed by atoms with Gasteiger partial charge in [0.2, 0.25) is 0 Å². The molecule has 1 fully saturated rings. The average Bonchev–Trinajstić information content (AvgIpc) is 2.96. The van der Waals surface area contributed by atoms with E-state index in [1.165, 1.54) is 0 Å². The topological polar surface area (TPSA) is 35.2 Å². The zero-order chi connectivity index (χ0) is 11.9. The van der Waals surface area contributed by atoms with Crippen LogP contribution in [-0.2, 0) is 5.54 Å². The highest BCUT2D eigenvalue weighted by Gasteiger charge is 2.41. The van der Waals surface area contributed by atoms with Crippen LogP contribution in [0.3, 0.4) is 0 Å². The van der Waals surface area contributed by atoms with Gasteiger partial charge in [0.05, 0.1) is 7.11 Å². The lowest BCUT2D eigenvalue weighted by Crippen LogP contribution is -2.19. The van der Waals surface area contributed by atoms with E-state index in [2.05, 4.69) is 0 Å². The minimum absolute atomic E-state index is 0.108. The van der Waals surface area contributed by atoms with Crippen molar-refractivity contribution >= 4 is 0 Å². The van der Waals surface area contributed by atoms with Gasteiger partial charge in [-0.05, 0) is 36.5 Å². The Morgan fingerprint density at radius 1 is 1.38 bits per heavy atom. The van der Waals surface area contributed by atoms with Gasteiger partial charge in [-0.3, -0.25) is 0 Å². The van der Waals surface area contributed by atoms with Crippen LogP contribution in [0.4, 0.5) is 4.39 Å². The molecule has 0 radical (unpaired) electrons. The second-order valence-electron chi connectivity index (χ2n) is 4.88. The average molecular weight is 223 g/mol. The van der Waals surface area contributed by atoms with Crippen molar-refractivity contribution in [3.8, 4) is 5.75 Å². The molecular formula is C13H18FNO. The molecule has 0 amide bonds. The lowest BCUT2D eigenvalue weighted by Gasteiger charge is -2.17. The minimum Gasteiger partial charge on any atom is -0.496 e. The third kappa shape index (κ3) is 1.80. The second-order valence-corrected chi connectivity index (χ2v) is 4.88. The van der Waals surface area contributed by atoms with Gasteiger partial charge in [0, 0.05) is 11.1 Å². The van der Waals surface area contributed by atoms with E-state index in [0.29, 0.717) is 11.3 Å². The highest BCUT2D eigenvalue weighted by molar-refractivity contribution is 5.44. The van der Waals surface area contributed by atoms with Gasteiger partial charge in [-0.2, -0.15) is 0 Å². The van der Waals surface area contributed by atoms with Crippen molar-refractivity contribution in [1.29, 1.82) is 0 Å². The van der Waals surface area contributed by atoms with Gasteiger partial charge < -0.3 is 10.5 Å². The van der Waals surface area contributed by atoms with Crippen LogP contribution in [0.15, 0.2) is 12.1 Å². The first-order chi connectivity index (χ1) is 7.48. The fraction of sp³-hybridized carbons (Fsp3) is 0.538. The number of ether oxygens (including phenoxy) is 1. The monoisotopic (exact) mass is 223 g/mol. The van der Waals surface area contributed by atoms with Gasteiger partial charge in [-0.1, -0.05) is 13.8 Å². The molecule has 3 heteroatoms.